The summed E-state index contributed by atoms with van der Waals surface area (Å²) in [5.74, 6) is 2.45. The molecular formula is C52H70O4. The lowest BCUT2D eigenvalue weighted by Crippen LogP contribution is -2.20. The fraction of sp³-hybridized carbons (Fsp3) is 0.500. The zero-order valence-corrected chi connectivity index (χ0v) is 36.4. The number of fused-ring (bicyclic) bond motifs is 2. The van der Waals surface area contributed by atoms with E-state index in [1.54, 1.807) is 44.2 Å². The Morgan fingerprint density at radius 2 is 0.875 bits per heavy atom. The van der Waals surface area contributed by atoms with Gasteiger partial charge in [0.25, 0.3) is 0 Å². The minimum absolute atomic E-state index is 0.00526. The molecule has 4 nitrogen and oxygen atoms in total. The van der Waals surface area contributed by atoms with E-state index in [1.165, 1.54) is 68.1 Å². The van der Waals surface area contributed by atoms with Crippen molar-refractivity contribution in [3.05, 3.63) is 128 Å². The first-order valence-corrected chi connectivity index (χ1v) is 21.3. The maximum Gasteiger partial charge on any atom is 0.190 e. The summed E-state index contributed by atoms with van der Waals surface area (Å²) in [6, 6.07) is 14.3. The summed E-state index contributed by atoms with van der Waals surface area (Å²) in [7, 11) is 0. The highest BCUT2D eigenvalue weighted by Crippen LogP contribution is 2.30. The van der Waals surface area contributed by atoms with Gasteiger partial charge in [-0.3, -0.25) is 19.2 Å². The molecule has 0 unspecified atom stereocenters. The molecule has 0 radical (unpaired) electrons. The first kappa shape index (κ1) is 46.2. The minimum atomic E-state index is -0.0224. The lowest BCUT2D eigenvalue weighted by atomic mass is 9.83. The molecule has 0 bridgehead atoms. The Labute approximate surface area is 339 Å². The number of carbonyl (C=O) groups excluding carboxylic acids is 4. The number of rotatable bonds is 19. The molecule has 2 aliphatic rings. The Bertz CT molecular complexity index is 1850. The molecule has 0 aromatic heterocycles. The van der Waals surface area contributed by atoms with Crippen LogP contribution in [0, 0.1) is 17.8 Å². The van der Waals surface area contributed by atoms with E-state index < -0.39 is 0 Å². The van der Waals surface area contributed by atoms with E-state index in [1.807, 2.05) is 18.2 Å². The Kier molecular flexibility index (Phi) is 19.1. The van der Waals surface area contributed by atoms with Crippen molar-refractivity contribution in [2.24, 2.45) is 17.8 Å². The van der Waals surface area contributed by atoms with Crippen LogP contribution in [0.3, 0.4) is 0 Å². The molecule has 56 heavy (non-hydrogen) atoms. The largest absolute Gasteiger partial charge is 0.289 e. The van der Waals surface area contributed by atoms with Crippen molar-refractivity contribution >= 4 is 23.1 Å². The first-order valence-electron chi connectivity index (χ1n) is 21.3. The molecule has 2 aliphatic carbocycles. The van der Waals surface area contributed by atoms with Crippen molar-refractivity contribution in [3.63, 3.8) is 0 Å². The van der Waals surface area contributed by atoms with Gasteiger partial charge in [0.05, 0.1) is 0 Å². The van der Waals surface area contributed by atoms with E-state index in [-0.39, 0.29) is 23.1 Å². The van der Waals surface area contributed by atoms with Gasteiger partial charge >= 0.3 is 0 Å². The maximum atomic E-state index is 12.9. The van der Waals surface area contributed by atoms with Crippen LogP contribution < -0.4 is 0 Å². The van der Waals surface area contributed by atoms with Gasteiger partial charge in [0.2, 0.25) is 0 Å². The second-order valence-corrected chi connectivity index (χ2v) is 17.3. The number of ketones is 4. The van der Waals surface area contributed by atoms with Gasteiger partial charge in [0.15, 0.2) is 23.1 Å². The van der Waals surface area contributed by atoms with Crippen LogP contribution in [-0.2, 0) is 0 Å². The lowest BCUT2D eigenvalue weighted by molar-refractivity contribution is 0.0973. The fourth-order valence-electron chi connectivity index (χ4n) is 7.65. The van der Waals surface area contributed by atoms with Gasteiger partial charge in [-0.05, 0) is 97.8 Å². The van der Waals surface area contributed by atoms with Gasteiger partial charge in [-0.15, -0.1) is 0 Å². The summed E-state index contributed by atoms with van der Waals surface area (Å²) < 4.78 is 0. The molecule has 0 amide bonds. The minimum Gasteiger partial charge on any atom is -0.289 e. The third kappa shape index (κ3) is 14.1. The summed E-state index contributed by atoms with van der Waals surface area (Å²) in [6.45, 7) is 21.4. The molecule has 0 saturated heterocycles. The normalized spacial score (nSPS) is 15.8. The highest BCUT2D eigenvalue weighted by molar-refractivity contribution is 6.27. The van der Waals surface area contributed by atoms with Gasteiger partial charge in [-0.1, -0.05) is 156 Å². The van der Waals surface area contributed by atoms with Crippen LogP contribution in [0.4, 0.5) is 0 Å². The number of Topliss-reactive ketones (excluding diaryl/α,β-unsaturated/α-hetero) is 4. The van der Waals surface area contributed by atoms with E-state index in [0.717, 1.165) is 37.0 Å². The molecule has 2 aromatic carbocycles. The number of benzene rings is 2. The van der Waals surface area contributed by atoms with E-state index in [0.29, 0.717) is 57.4 Å². The molecular weight excluding hydrogens is 689 g/mol. The van der Waals surface area contributed by atoms with E-state index in [9.17, 15) is 19.2 Å². The Balaban J connectivity index is 0.000000320. The third-order valence-electron chi connectivity index (χ3n) is 11.5. The Morgan fingerprint density at radius 1 is 0.500 bits per heavy atom. The van der Waals surface area contributed by atoms with Crippen LogP contribution in [-0.4, -0.2) is 23.1 Å². The molecule has 0 N–H and O–H groups in total. The van der Waals surface area contributed by atoms with Crippen LogP contribution in [0.15, 0.2) is 106 Å². The summed E-state index contributed by atoms with van der Waals surface area (Å²) in [5, 5.41) is 0. The molecule has 4 rings (SSSR count). The summed E-state index contributed by atoms with van der Waals surface area (Å²) in [5.41, 5.74) is 8.54. The van der Waals surface area contributed by atoms with Crippen molar-refractivity contribution < 1.29 is 19.2 Å². The topological polar surface area (TPSA) is 68.3 Å². The zero-order chi connectivity index (χ0) is 41.4. The molecule has 0 heterocycles. The van der Waals surface area contributed by atoms with Crippen LogP contribution in [0.1, 0.15) is 194 Å². The average Bonchev–Trinajstić information content (AvgIpc) is 3.16. The van der Waals surface area contributed by atoms with Crippen molar-refractivity contribution in [2.75, 3.05) is 0 Å². The number of carbonyl (C=O) groups is 4. The highest BCUT2D eigenvalue weighted by atomic mass is 16.1. The van der Waals surface area contributed by atoms with Crippen molar-refractivity contribution in [1.29, 1.82) is 0 Å². The molecule has 0 spiro atoms. The number of allylic oxidation sites excluding steroid dienone is 10. The second-order valence-electron chi connectivity index (χ2n) is 17.3. The van der Waals surface area contributed by atoms with E-state index in [4.69, 9.17) is 0 Å². The van der Waals surface area contributed by atoms with Crippen LogP contribution in [0.25, 0.3) is 0 Å². The van der Waals surface area contributed by atoms with Gasteiger partial charge < -0.3 is 0 Å². The predicted octanol–water partition coefficient (Wildman–Crippen LogP) is 14.6. The van der Waals surface area contributed by atoms with Crippen LogP contribution >= 0.6 is 0 Å². The monoisotopic (exact) mass is 759 g/mol. The first-order chi connectivity index (χ1) is 26.6. The quantitative estimate of drug-likeness (QED) is 0.134. The molecule has 0 fully saturated rings. The maximum absolute atomic E-state index is 12.9. The van der Waals surface area contributed by atoms with E-state index in [2.05, 4.69) is 73.6 Å². The Morgan fingerprint density at radius 3 is 1.29 bits per heavy atom. The molecule has 0 aliphatic heterocycles. The van der Waals surface area contributed by atoms with Crippen LogP contribution in [0.5, 0.6) is 0 Å². The van der Waals surface area contributed by atoms with Gasteiger partial charge in [-0.25, -0.2) is 0 Å². The SMILES string of the molecule is CC(C)=CCC/C(C)=C/CC1=C(C)C(=O)c2ccccc2C1=O.CC1=C(C/C=C(\C)CCC[C@H](C)CCC[C@H](C)CCCC(C)C)C(=O)c2ccccc2C1=O. The number of hydrogen-bond donors (Lipinski definition) is 0. The summed E-state index contributed by atoms with van der Waals surface area (Å²) in [6.07, 6.45) is 21.2. The second kappa shape index (κ2) is 23.1. The van der Waals surface area contributed by atoms with Crippen molar-refractivity contribution in [1.82, 2.24) is 0 Å². The lowest BCUT2D eigenvalue weighted by Gasteiger charge is -2.18. The van der Waals surface area contributed by atoms with Gasteiger partial charge in [0, 0.05) is 44.5 Å². The third-order valence-corrected chi connectivity index (χ3v) is 11.5. The molecule has 302 valence electrons. The molecule has 2 atom stereocenters. The molecule has 4 heteroatoms. The van der Waals surface area contributed by atoms with E-state index >= 15 is 0 Å². The smallest absolute Gasteiger partial charge is 0.190 e. The Hall–Kier alpha value is -4.18. The number of hydrogen-bond acceptors (Lipinski definition) is 4. The molecule has 0 saturated carbocycles. The standard InChI is InChI=1S/C31H46O2.C21H24O2/c1-22(2)12-9-13-23(3)14-10-15-24(4)16-11-17-25(5)20-21-27-26(6)30(32)28-18-7-8-19-29(28)31(27)33;1-14(2)8-7-9-15(3)12-13-17-16(4)20(22)18-10-5-6-11-19(18)21(17)23/h7-8,18-20,22-24H,9-17,21H2,1-6H3;5-6,8,10-12H,7,9,13H2,1-4H3/b25-20+;15-12+/t23-,24-;/m1./s1. The van der Waals surface area contributed by atoms with Crippen LogP contribution in [0.2, 0.25) is 0 Å². The predicted molar refractivity (Wildman–Crippen MR) is 236 cm³/mol. The summed E-state index contributed by atoms with van der Waals surface area (Å²) in [4.78, 5) is 50.6. The van der Waals surface area contributed by atoms with Gasteiger partial charge in [-0.2, -0.15) is 0 Å². The highest BCUT2D eigenvalue weighted by Gasteiger charge is 2.29. The summed E-state index contributed by atoms with van der Waals surface area (Å²) >= 11 is 0. The van der Waals surface area contributed by atoms with Crippen molar-refractivity contribution in [2.45, 2.75) is 153 Å². The van der Waals surface area contributed by atoms with Crippen molar-refractivity contribution in [3.8, 4) is 0 Å². The zero-order valence-electron chi connectivity index (χ0n) is 36.4. The molecule has 2 aromatic rings. The average molecular weight is 759 g/mol. The fourth-order valence-corrected chi connectivity index (χ4v) is 7.65. The van der Waals surface area contributed by atoms with Gasteiger partial charge in [0.1, 0.15) is 0 Å².